The lowest BCUT2D eigenvalue weighted by Gasteiger charge is -2.28. The van der Waals surface area contributed by atoms with E-state index >= 15 is 0 Å². The van der Waals surface area contributed by atoms with Gasteiger partial charge >= 0.3 is 11.9 Å². The highest BCUT2D eigenvalue weighted by atomic mass is 31.2. The fourth-order valence-electron chi connectivity index (χ4n) is 5.37. The fraction of sp³-hybridized carbons (Fsp3) is 0.646. The summed E-state index contributed by atoms with van der Waals surface area (Å²) >= 11 is 0. The molecule has 0 rings (SSSR count). The molecule has 0 aliphatic carbocycles. The van der Waals surface area contributed by atoms with E-state index < -0.39 is 32.5 Å². The quantitative estimate of drug-likeness (QED) is 0.0113. The molecule has 0 aliphatic rings. The number of allylic oxidation sites excluding steroid dienone is 14. The summed E-state index contributed by atoms with van der Waals surface area (Å²) in [5.41, 5.74) is 0. The molecular formula is C48H80NO9P. The van der Waals surface area contributed by atoms with Crippen LogP contribution in [0.2, 0.25) is 0 Å². The molecule has 0 saturated carbocycles. The summed E-state index contributed by atoms with van der Waals surface area (Å²) in [6, 6.07) is 0. The molecule has 1 unspecified atom stereocenters. The predicted molar refractivity (Wildman–Crippen MR) is 241 cm³/mol. The van der Waals surface area contributed by atoms with Crippen molar-refractivity contribution in [2.45, 2.75) is 155 Å². The molecular weight excluding hydrogens is 765 g/mol. The first-order valence-electron chi connectivity index (χ1n) is 22.2. The number of nitrogens with zero attached hydrogens (tertiary/aromatic N) is 1. The second-order valence-corrected chi connectivity index (χ2v) is 17.1. The molecule has 2 atom stereocenters. The van der Waals surface area contributed by atoms with E-state index in [-0.39, 0.29) is 31.8 Å². The van der Waals surface area contributed by atoms with Crippen LogP contribution < -0.4 is 4.89 Å². The first-order chi connectivity index (χ1) is 28.4. The van der Waals surface area contributed by atoms with E-state index in [1.807, 2.05) is 33.3 Å². The third-order valence-electron chi connectivity index (χ3n) is 8.88. The van der Waals surface area contributed by atoms with Gasteiger partial charge in [-0.2, -0.15) is 0 Å². The average Bonchev–Trinajstić information content (AvgIpc) is 3.18. The van der Waals surface area contributed by atoms with Crippen molar-refractivity contribution in [3.8, 4) is 0 Å². The van der Waals surface area contributed by atoms with Gasteiger partial charge in [0.05, 0.1) is 27.7 Å². The van der Waals surface area contributed by atoms with Gasteiger partial charge in [-0.15, -0.1) is 0 Å². The highest BCUT2D eigenvalue weighted by Crippen LogP contribution is 2.38. The molecule has 0 spiro atoms. The Morgan fingerprint density at radius 1 is 0.593 bits per heavy atom. The van der Waals surface area contributed by atoms with Gasteiger partial charge in [-0.3, -0.25) is 18.9 Å². The maximum atomic E-state index is 12.7. The van der Waals surface area contributed by atoms with E-state index in [9.17, 15) is 23.8 Å². The van der Waals surface area contributed by atoms with E-state index in [2.05, 4.69) is 80.7 Å². The molecule has 0 saturated heterocycles. The Morgan fingerprint density at radius 2 is 1.12 bits per heavy atom. The normalized spacial score (nSPS) is 14.3. The van der Waals surface area contributed by atoms with E-state index in [1.165, 1.54) is 19.3 Å². The molecule has 0 aromatic heterocycles. The number of quaternary nitrogens is 1. The van der Waals surface area contributed by atoms with E-state index in [0.717, 1.165) is 83.5 Å². The number of phosphoric ester groups is 1. The second-order valence-electron chi connectivity index (χ2n) is 15.7. The molecule has 0 bridgehead atoms. The van der Waals surface area contributed by atoms with Crippen molar-refractivity contribution in [2.75, 3.05) is 47.5 Å². The molecule has 0 amide bonds. The predicted octanol–water partition coefficient (Wildman–Crippen LogP) is 11.3. The zero-order valence-electron chi connectivity index (χ0n) is 37.4. The van der Waals surface area contributed by atoms with Crippen molar-refractivity contribution in [2.24, 2.45) is 0 Å². The Morgan fingerprint density at radius 3 is 1.73 bits per heavy atom. The third kappa shape index (κ3) is 42.8. The largest absolute Gasteiger partial charge is 0.756 e. The second kappa shape index (κ2) is 39.0. The lowest BCUT2D eigenvalue weighted by molar-refractivity contribution is -0.870. The molecule has 0 aliphatic heterocycles. The Bertz CT molecular complexity index is 1340. The van der Waals surface area contributed by atoms with Crippen LogP contribution in [0.5, 0.6) is 0 Å². The Balaban J connectivity index is 4.51. The molecule has 0 heterocycles. The number of carbonyl (C=O) groups is 3. The van der Waals surface area contributed by atoms with Gasteiger partial charge < -0.3 is 27.9 Å². The number of hydrogen-bond acceptors (Lipinski definition) is 9. The molecule has 0 aromatic carbocycles. The van der Waals surface area contributed by atoms with Gasteiger partial charge in [0.25, 0.3) is 7.82 Å². The number of rotatable bonds is 39. The summed E-state index contributed by atoms with van der Waals surface area (Å²) in [6.07, 6.45) is 45.7. The van der Waals surface area contributed by atoms with Gasteiger partial charge in [-0.1, -0.05) is 131 Å². The summed E-state index contributed by atoms with van der Waals surface area (Å²) in [6.45, 7) is 3.85. The number of hydrogen-bond donors (Lipinski definition) is 0. The van der Waals surface area contributed by atoms with E-state index in [0.29, 0.717) is 30.3 Å². The van der Waals surface area contributed by atoms with E-state index in [4.69, 9.17) is 18.5 Å². The van der Waals surface area contributed by atoms with Crippen LogP contribution in [0.4, 0.5) is 0 Å². The van der Waals surface area contributed by atoms with Crippen LogP contribution >= 0.6 is 7.82 Å². The number of ketones is 1. The molecule has 0 aromatic rings. The van der Waals surface area contributed by atoms with Crippen molar-refractivity contribution in [3.05, 3.63) is 85.1 Å². The maximum absolute atomic E-state index is 12.7. The van der Waals surface area contributed by atoms with E-state index in [1.54, 1.807) is 6.08 Å². The van der Waals surface area contributed by atoms with Crippen LogP contribution in [0.25, 0.3) is 0 Å². The molecule has 0 fully saturated rings. The minimum absolute atomic E-state index is 0.0633. The van der Waals surface area contributed by atoms with Crippen LogP contribution in [0.3, 0.4) is 0 Å². The van der Waals surface area contributed by atoms with Gasteiger partial charge in [0.2, 0.25) is 0 Å². The standard InChI is InChI=1S/C48H80NO9P/c1-6-8-10-12-14-15-16-17-18-19-20-21-22-23-24-25-27-31-35-39-47(51)55-43-46(44-57-59(53,54)56-42-41-49(3,4)5)58-48(52)40-36-32-28-30-34-38-45(50)37-33-29-26-13-11-9-7-2/h8,10,14-15,17-18,20-21,23-24,26,29,33,37,46H,6-7,9,11-13,16,19,22,25,27-28,30-32,34-36,38-44H2,1-5H3/b10-8-,15-14-,18-17-,21-20-,24-23-,29-26-,37-33+/t46-/m1/s1. The molecule has 336 valence electrons. The van der Waals surface area contributed by atoms with Gasteiger partial charge in [-0.05, 0) is 83.1 Å². The molecule has 10 nitrogen and oxygen atoms in total. The van der Waals surface area contributed by atoms with Gasteiger partial charge in [-0.25, -0.2) is 0 Å². The van der Waals surface area contributed by atoms with Crippen molar-refractivity contribution < 1.29 is 46.8 Å². The maximum Gasteiger partial charge on any atom is 0.306 e. The molecule has 0 N–H and O–H groups in total. The van der Waals surface area contributed by atoms with Crippen LogP contribution in [0.1, 0.15) is 149 Å². The number of carbonyl (C=O) groups excluding carboxylic acids is 3. The Kier molecular flexibility index (Phi) is 36.9. The third-order valence-corrected chi connectivity index (χ3v) is 9.84. The zero-order chi connectivity index (χ0) is 43.7. The molecule has 11 heteroatoms. The minimum atomic E-state index is -4.67. The van der Waals surface area contributed by atoms with Gasteiger partial charge in [0.15, 0.2) is 11.9 Å². The average molecular weight is 846 g/mol. The van der Waals surface area contributed by atoms with Crippen molar-refractivity contribution in [1.29, 1.82) is 0 Å². The zero-order valence-corrected chi connectivity index (χ0v) is 38.3. The smallest absolute Gasteiger partial charge is 0.306 e. The summed E-state index contributed by atoms with van der Waals surface area (Å²) in [4.78, 5) is 49.6. The lowest BCUT2D eigenvalue weighted by atomic mass is 10.1. The number of unbranched alkanes of at least 4 members (excludes halogenated alkanes) is 10. The highest BCUT2D eigenvalue weighted by molar-refractivity contribution is 7.45. The van der Waals surface area contributed by atoms with Crippen LogP contribution in [-0.4, -0.2) is 75.8 Å². The van der Waals surface area contributed by atoms with Gasteiger partial charge in [0, 0.05) is 19.3 Å². The number of ether oxygens (including phenoxy) is 2. The van der Waals surface area contributed by atoms with Gasteiger partial charge in [0.1, 0.15) is 19.8 Å². The number of phosphoric acid groups is 1. The minimum Gasteiger partial charge on any atom is -0.756 e. The van der Waals surface area contributed by atoms with Crippen LogP contribution in [0, 0.1) is 0 Å². The topological polar surface area (TPSA) is 128 Å². The first-order valence-corrected chi connectivity index (χ1v) is 23.7. The SMILES string of the molecule is CC/C=C\C/C=C\C/C=C\C/C=C\C/C=C\CCCCCC(=O)OC[C@H](COP(=O)([O-])OCC[N+](C)(C)C)OC(=O)CCCCCCCC(=O)/C=C/C=C\CCCCC. The van der Waals surface area contributed by atoms with Crippen molar-refractivity contribution in [3.63, 3.8) is 0 Å². The Labute approximate surface area is 358 Å². The summed E-state index contributed by atoms with van der Waals surface area (Å²) < 4.78 is 33.8. The monoisotopic (exact) mass is 846 g/mol. The van der Waals surface area contributed by atoms with Crippen LogP contribution in [-0.2, 0) is 37.5 Å². The molecule has 59 heavy (non-hydrogen) atoms. The fourth-order valence-corrected chi connectivity index (χ4v) is 6.09. The van der Waals surface area contributed by atoms with Crippen molar-refractivity contribution >= 4 is 25.5 Å². The number of esters is 2. The first kappa shape index (κ1) is 55.9. The highest BCUT2D eigenvalue weighted by Gasteiger charge is 2.21. The summed E-state index contributed by atoms with van der Waals surface area (Å²) in [5.74, 6) is -0.864. The summed E-state index contributed by atoms with van der Waals surface area (Å²) in [5, 5.41) is 0. The molecule has 0 radical (unpaired) electrons. The van der Waals surface area contributed by atoms with Crippen LogP contribution in [0.15, 0.2) is 85.1 Å². The Hall–Kier alpha value is -3.14. The van der Waals surface area contributed by atoms with Crippen molar-refractivity contribution in [1.82, 2.24) is 0 Å². The summed E-state index contributed by atoms with van der Waals surface area (Å²) in [7, 11) is 1.05. The number of likely N-dealkylation sites (N-methyl/N-ethyl adjacent to an activating group) is 1. The lowest BCUT2D eigenvalue weighted by Crippen LogP contribution is -2.37.